The molecule has 1 aliphatic heterocycles. The molecule has 1 unspecified atom stereocenters. The van der Waals surface area contributed by atoms with Gasteiger partial charge in [0.25, 0.3) is 0 Å². The Labute approximate surface area is 106 Å². The molecule has 0 aliphatic carbocycles. The van der Waals surface area contributed by atoms with Crippen LogP contribution >= 0.6 is 0 Å². The predicted octanol–water partition coefficient (Wildman–Crippen LogP) is 1.57. The molecule has 0 aromatic carbocycles. The molecule has 5 heteroatoms. The summed E-state index contributed by atoms with van der Waals surface area (Å²) in [6, 6.07) is 0. The van der Waals surface area contributed by atoms with E-state index in [2.05, 4.69) is 6.92 Å². The van der Waals surface area contributed by atoms with Crippen molar-refractivity contribution >= 4 is 10.0 Å². The third kappa shape index (κ3) is 3.66. The molecule has 102 valence electrons. The lowest BCUT2D eigenvalue weighted by atomic mass is 9.94. The Morgan fingerprint density at radius 3 is 2.29 bits per heavy atom. The topological polar surface area (TPSA) is 63.4 Å². The Morgan fingerprint density at radius 2 is 1.88 bits per heavy atom. The first-order valence-electron chi connectivity index (χ1n) is 6.75. The van der Waals surface area contributed by atoms with E-state index in [1.165, 1.54) is 12.8 Å². The Hall–Kier alpha value is -0.130. The van der Waals surface area contributed by atoms with Gasteiger partial charge in [0, 0.05) is 19.6 Å². The third-order valence-electron chi connectivity index (χ3n) is 3.77. The summed E-state index contributed by atoms with van der Waals surface area (Å²) in [4.78, 5) is 0. The number of piperidine rings is 1. The Kier molecular flexibility index (Phi) is 5.89. The molecular weight excluding hydrogens is 236 g/mol. The van der Waals surface area contributed by atoms with Crippen molar-refractivity contribution in [3.8, 4) is 0 Å². The molecule has 0 amide bonds. The van der Waals surface area contributed by atoms with Crippen molar-refractivity contribution in [3.63, 3.8) is 0 Å². The van der Waals surface area contributed by atoms with Gasteiger partial charge < -0.3 is 5.73 Å². The van der Waals surface area contributed by atoms with E-state index in [0.29, 0.717) is 25.4 Å². The van der Waals surface area contributed by atoms with Gasteiger partial charge in [0.05, 0.1) is 5.25 Å². The minimum Gasteiger partial charge on any atom is -0.329 e. The van der Waals surface area contributed by atoms with Crippen LogP contribution in [0.4, 0.5) is 0 Å². The maximum atomic E-state index is 12.3. The molecule has 0 saturated carbocycles. The molecule has 0 bridgehead atoms. The zero-order chi connectivity index (χ0) is 12.9. The average Bonchev–Trinajstić information content (AvgIpc) is 2.31. The molecule has 17 heavy (non-hydrogen) atoms. The first-order valence-corrected chi connectivity index (χ1v) is 8.25. The second-order valence-corrected chi connectivity index (χ2v) is 7.16. The largest absolute Gasteiger partial charge is 0.329 e. The Balaban J connectivity index is 2.58. The van der Waals surface area contributed by atoms with E-state index in [9.17, 15) is 8.42 Å². The van der Waals surface area contributed by atoms with E-state index in [-0.39, 0.29) is 6.54 Å². The van der Waals surface area contributed by atoms with Gasteiger partial charge in [-0.3, -0.25) is 0 Å². The Morgan fingerprint density at radius 1 is 1.29 bits per heavy atom. The summed E-state index contributed by atoms with van der Waals surface area (Å²) in [5, 5.41) is -0.398. The molecule has 0 spiro atoms. The molecule has 0 radical (unpaired) electrons. The highest BCUT2D eigenvalue weighted by molar-refractivity contribution is 7.89. The van der Waals surface area contributed by atoms with Gasteiger partial charge in [-0.05, 0) is 25.2 Å². The molecule has 1 heterocycles. The van der Waals surface area contributed by atoms with Crippen LogP contribution in [0.3, 0.4) is 0 Å². The number of sulfonamides is 1. The summed E-state index contributed by atoms with van der Waals surface area (Å²) in [6.45, 7) is 5.67. The monoisotopic (exact) mass is 262 g/mol. The normalized spacial score (nSPS) is 21.6. The van der Waals surface area contributed by atoms with Gasteiger partial charge in [-0.1, -0.05) is 26.7 Å². The van der Waals surface area contributed by atoms with Crippen molar-refractivity contribution in [1.82, 2.24) is 4.31 Å². The molecule has 1 saturated heterocycles. The SMILES string of the molecule is CCCC1CCN(S(=O)(=O)C(CC)CN)CC1. The molecule has 2 N–H and O–H groups in total. The third-order valence-corrected chi connectivity index (χ3v) is 6.22. The summed E-state index contributed by atoms with van der Waals surface area (Å²) in [6.07, 6.45) is 5.04. The average molecular weight is 262 g/mol. The lowest BCUT2D eigenvalue weighted by Crippen LogP contribution is -2.45. The lowest BCUT2D eigenvalue weighted by Gasteiger charge is -2.33. The van der Waals surface area contributed by atoms with Crippen molar-refractivity contribution in [2.75, 3.05) is 19.6 Å². The molecule has 1 rings (SSSR count). The summed E-state index contributed by atoms with van der Waals surface area (Å²) in [5.41, 5.74) is 5.55. The number of nitrogens with two attached hydrogens (primary N) is 1. The van der Waals surface area contributed by atoms with Crippen molar-refractivity contribution in [2.24, 2.45) is 11.7 Å². The molecule has 1 fully saturated rings. The first-order chi connectivity index (χ1) is 8.06. The van der Waals surface area contributed by atoms with Crippen molar-refractivity contribution in [2.45, 2.75) is 51.2 Å². The van der Waals surface area contributed by atoms with E-state index in [1.807, 2.05) is 6.92 Å². The highest BCUT2D eigenvalue weighted by Crippen LogP contribution is 2.25. The van der Waals surface area contributed by atoms with Crippen LogP contribution in [0.5, 0.6) is 0 Å². The fourth-order valence-electron chi connectivity index (χ4n) is 2.57. The van der Waals surface area contributed by atoms with Gasteiger partial charge in [-0.25, -0.2) is 12.7 Å². The van der Waals surface area contributed by atoms with Crippen LogP contribution in [0.15, 0.2) is 0 Å². The van der Waals surface area contributed by atoms with E-state index < -0.39 is 15.3 Å². The molecular formula is C12H26N2O2S. The van der Waals surface area contributed by atoms with E-state index in [0.717, 1.165) is 12.8 Å². The molecule has 1 atom stereocenters. The van der Waals surface area contributed by atoms with Crippen LogP contribution in [0, 0.1) is 5.92 Å². The van der Waals surface area contributed by atoms with Crippen LogP contribution in [0.2, 0.25) is 0 Å². The Bertz CT molecular complexity index is 304. The number of hydrogen-bond acceptors (Lipinski definition) is 3. The van der Waals surface area contributed by atoms with Crippen LogP contribution in [-0.2, 0) is 10.0 Å². The van der Waals surface area contributed by atoms with Gasteiger partial charge in [0.1, 0.15) is 0 Å². The minimum atomic E-state index is -3.15. The number of rotatable bonds is 6. The second-order valence-electron chi connectivity index (χ2n) is 4.94. The summed E-state index contributed by atoms with van der Waals surface area (Å²) >= 11 is 0. The summed E-state index contributed by atoms with van der Waals surface area (Å²) in [5.74, 6) is 0.712. The molecule has 4 nitrogen and oxygen atoms in total. The molecule has 0 aromatic rings. The van der Waals surface area contributed by atoms with Gasteiger partial charge in [-0.15, -0.1) is 0 Å². The molecule has 0 aromatic heterocycles. The first kappa shape index (κ1) is 14.9. The summed E-state index contributed by atoms with van der Waals surface area (Å²) in [7, 11) is -3.15. The quantitative estimate of drug-likeness (QED) is 0.790. The van der Waals surface area contributed by atoms with Crippen molar-refractivity contribution in [3.05, 3.63) is 0 Å². The summed E-state index contributed by atoms with van der Waals surface area (Å²) < 4.78 is 26.2. The van der Waals surface area contributed by atoms with Gasteiger partial charge in [0.15, 0.2) is 0 Å². The second kappa shape index (κ2) is 6.71. The lowest BCUT2D eigenvalue weighted by molar-refractivity contribution is 0.260. The zero-order valence-corrected chi connectivity index (χ0v) is 11.9. The van der Waals surface area contributed by atoms with E-state index in [1.54, 1.807) is 4.31 Å². The maximum Gasteiger partial charge on any atom is 0.218 e. The molecule has 1 aliphatic rings. The van der Waals surface area contributed by atoms with Crippen LogP contribution in [-0.4, -0.2) is 37.6 Å². The van der Waals surface area contributed by atoms with Crippen molar-refractivity contribution < 1.29 is 8.42 Å². The smallest absolute Gasteiger partial charge is 0.218 e. The van der Waals surface area contributed by atoms with Gasteiger partial charge >= 0.3 is 0 Å². The fraction of sp³-hybridized carbons (Fsp3) is 1.00. The number of hydrogen-bond donors (Lipinski definition) is 1. The highest BCUT2D eigenvalue weighted by atomic mass is 32.2. The minimum absolute atomic E-state index is 0.230. The van der Waals surface area contributed by atoms with Gasteiger partial charge in [-0.2, -0.15) is 0 Å². The van der Waals surface area contributed by atoms with Gasteiger partial charge in [0.2, 0.25) is 10.0 Å². The van der Waals surface area contributed by atoms with Crippen LogP contribution in [0.25, 0.3) is 0 Å². The van der Waals surface area contributed by atoms with Crippen LogP contribution in [0.1, 0.15) is 46.0 Å². The predicted molar refractivity (Wildman–Crippen MR) is 71.3 cm³/mol. The number of nitrogens with zero attached hydrogens (tertiary/aromatic N) is 1. The highest BCUT2D eigenvalue weighted by Gasteiger charge is 2.32. The fourth-order valence-corrected chi connectivity index (χ4v) is 4.38. The van der Waals surface area contributed by atoms with Crippen LogP contribution < -0.4 is 5.73 Å². The standard InChI is InChI=1S/C12H26N2O2S/c1-3-5-11-6-8-14(9-7-11)17(15,16)12(4-2)10-13/h11-12H,3-10,13H2,1-2H3. The zero-order valence-electron chi connectivity index (χ0n) is 11.1. The van der Waals surface area contributed by atoms with E-state index in [4.69, 9.17) is 5.73 Å². The van der Waals surface area contributed by atoms with Crippen molar-refractivity contribution in [1.29, 1.82) is 0 Å². The maximum absolute atomic E-state index is 12.3. The van der Waals surface area contributed by atoms with E-state index >= 15 is 0 Å².